The van der Waals surface area contributed by atoms with Crippen molar-refractivity contribution in [1.82, 2.24) is 10.6 Å². The van der Waals surface area contributed by atoms with Crippen molar-refractivity contribution in [2.45, 2.75) is 116 Å². The van der Waals surface area contributed by atoms with Gasteiger partial charge in [0.25, 0.3) is 0 Å². The minimum Gasteiger partial charge on any atom is -0.481 e. The van der Waals surface area contributed by atoms with E-state index >= 15 is 0 Å². The van der Waals surface area contributed by atoms with Crippen LogP contribution in [-0.4, -0.2) is 45.5 Å². The third kappa shape index (κ3) is 5.36. The van der Waals surface area contributed by atoms with Crippen LogP contribution < -0.4 is 10.6 Å². The maximum Gasteiger partial charge on any atom is 0.408 e. The molecule has 6 fully saturated rings. The molecule has 6 saturated carbocycles. The molecule has 35 heavy (non-hydrogen) atoms. The van der Waals surface area contributed by atoms with Crippen molar-refractivity contribution in [2.75, 3.05) is 0 Å². The standard InChI is InChI=1S/C13H20N2O2.C13H21NO4/c1-9(5-14)12-6-13(7-12,8-12)15-10(16)17-11(2,3)4;1-8(9(15)16)12-5-13(6-12,7-12)14-10(17)18-11(2,3)4/h9H,6-8H2,1-4H3,(H,15,16);8H,5-7H2,1-4H3,(H,14,17)(H,15,16). The number of amides is 2. The number of nitrogens with one attached hydrogen (secondary N) is 2. The Hall–Kier alpha value is -2.50. The molecular weight excluding hydrogens is 450 g/mol. The van der Waals surface area contributed by atoms with E-state index in [1.807, 2.05) is 48.5 Å². The topological polar surface area (TPSA) is 138 Å². The van der Waals surface area contributed by atoms with Crippen LogP contribution in [0.3, 0.4) is 0 Å². The molecule has 196 valence electrons. The van der Waals surface area contributed by atoms with Crippen molar-refractivity contribution in [2.24, 2.45) is 22.7 Å². The van der Waals surface area contributed by atoms with E-state index in [1.165, 1.54) is 0 Å². The molecule has 4 bridgehead atoms. The summed E-state index contributed by atoms with van der Waals surface area (Å²) in [7, 11) is 0. The van der Waals surface area contributed by atoms with Gasteiger partial charge in [-0.3, -0.25) is 4.79 Å². The number of alkyl carbamates (subject to hydrolysis) is 2. The smallest absolute Gasteiger partial charge is 0.408 e. The summed E-state index contributed by atoms with van der Waals surface area (Å²) in [6, 6.07) is 2.31. The molecule has 6 rings (SSSR count). The molecule has 2 atom stereocenters. The largest absolute Gasteiger partial charge is 0.481 e. The summed E-state index contributed by atoms with van der Waals surface area (Å²) in [6.45, 7) is 14.7. The van der Waals surface area contributed by atoms with Crippen molar-refractivity contribution in [3.63, 3.8) is 0 Å². The molecule has 2 unspecified atom stereocenters. The fourth-order valence-electron chi connectivity index (χ4n) is 6.36. The molecule has 0 aromatic rings. The van der Waals surface area contributed by atoms with E-state index in [2.05, 4.69) is 16.7 Å². The molecule has 6 aliphatic rings. The number of nitrogens with zero attached hydrogens (tertiary/aromatic N) is 1. The van der Waals surface area contributed by atoms with Gasteiger partial charge in [-0.1, -0.05) is 6.92 Å². The van der Waals surface area contributed by atoms with Crippen LogP contribution in [0.5, 0.6) is 0 Å². The van der Waals surface area contributed by atoms with Gasteiger partial charge in [0, 0.05) is 17.0 Å². The Morgan fingerprint density at radius 2 is 1.14 bits per heavy atom. The first-order valence-electron chi connectivity index (χ1n) is 12.4. The number of hydrogen-bond donors (Lipinski definition) is 3. The van der Waals surface area contributed by atoms with E-state index in [0.717, 1.165) is 38.5 Å². The Bertz CT molecular complexity index is 899. The van der Waals surface area contributed by atoms with Gasteiger partial charge in [-0.15, -0.1) is 0 Å². The van der Waals surface area contributed by atoms with Crippen molar-refractivity contribution < 1.29 is 29.0 Å². The number of carboxylic acids is 1. The molecule has 9 nitrogen and oxygen atoms in total. The monoisotopic (exact) mass is 491 g/mol. The van der Waals surface area contributed by atoms with Gasteiger partial charge in [-0.05, 0) is 97.8 Å². The number of nitriles is 1. The molecule has 6 aliphatic carbocycles. The molecule has 0 spiro atoms. The van der Waals surface area contributed by atoms with Crippen molar-refractivity contribution >= 4 is 18.2 Å². The lowest BCUT2D eigenvalue weighted by atomic mass is 9.36. The minimum atomic E-state index is -0.749. The van der Waals surface area contributed by atoms with Crippen LogP contribution in [0.15, 0.2) is 0 Å². The zero-order valence-corrected chi connectivity index (χ0v) is 22.3. The second-order valence-corrected chi connectivity index (χ2v) is 13.5. The molecule has 0 heterocycles. The van der Waals surface area contributed by atoms with Gasteiger partial charge in [0.15, 0.2) is 0 Å². The summed E-state index contributed by atoms with van der Waals surface area (Å²) >= 11 is 0. The molecule has 0 aromatic heterocycles. The second-order valence-electron chi connectivity index (χ2n) is 13.5. The van der Waals surface area contributed by atoms with Gasteiger partial charge in [0.1, 0.15) is 11.2 Å². The van der Waals surface area contributed by atoms with Crippen LogP contribution in [0.1, 0.15) is 93.9 Å². The van der Waals surface area contributed by atoms with Gasteiger partial charge in [0.2, 0.25) is 0 Å². The highest BCUT2D eigenvalue weighted by atomic mass is 16.6. The highest BCUT2D eigenvalue weighted by molar-refractivity contribution is 5.74. The van der Waals surface area contributed by atoms with E-state index in [4.69, 9.17) is 19.8 Å². The van der Waals surface area contributed by atoms with Crippen LogP contribution in [0, 0.1) is 34.0 Å². The number of ether oxygens (including phenoxy) is 2. The summed E-state index contributed by atoms with van der Waals surface area (Å²) in [4.78, 5) is 34.3. The third-order valence-electron chi connectivity index (χ3n) is 8.08. The maximum absolute atomic E-state index is 11.7. The van der Waals surface area contributed by atoms with Gasteiger partial charge in [0.05, 0.1) is 12.0 Å². The van der Waals surface area contributed by atoms with Crippen LogP contribution in [-0.2, 0) is 14.3 Å². The quantitative estimate of drug-likeness (QED) is 0.504. The summed E-state index contributed by atoms with van der Waals surface area (Å²) in [6.07, 6.45) is 4.30. The first kappa shape index (κ1) is 27.1. The number of carbonyl (C=O) groups is 3. The predicted octanol–water partition coefficient (Wildman–Crippen LogP) is 4.75. The Labute approximate surface area is 208 Å². The van der Waals surface area contributed by atoms with Crippen molar-refractivity contribution in [3.05, 3.63) is 0 Å². The fraction of sp³-hybridized carbons (Fsp3) is 0.846. The molecule has 0 radical (unpaired) electrons. The first-order valence-corrected chi connectivity index (χ1v) is 12.4. The van der Waals surface area contributed by atoms with Gasteiger partial charge >= 0.3 is 18.2 Å². The Balaban J connectivity index is 0.000000196. The minimum absolute atomic E-state index is 0.0759. The van der Waals surface area contributed by atoms with Crippen molar-refractivity contribution in [1.29, 1.82) is 5.26 Å². The SMILES string of the molecule is CC(C#N)C12CC(NC(=O)OC(C)(C)C)(C1)C2.CC(C(=O)O)C12CC(NC(=O)OC(C)(C)C)(C1)C2. The predicted molar refractivity (Wildman–Crippen MR) is 128 cm³/mol. The average molecular weight is 492 g/mol. The number of aliphatic carboxylic acids is 1. The normalized spacial score (nSPS) is 35.4. The molecule has 9 heteroatoms. The number of carbonyl (C=O) groups excluding carboxylic acids is 2. The van der Waals surface area contributed by atoms with Gasteiger partial charge < -0.3 is 25.2 Å². The number of carboxylic acid groups (broad SMARTS) is 1. The highest BCUT2D eigenvalue weighted by Gasteiger charge is 2.72. The lowest BCUT2D eigenvalue weighted by Gasteiger charge is -2.71. The number of rotatable bonds is 5. The lowest BCUT2D eigenvalue weighted by molar-refractivity contribution is -0.197. The average Bonchev–Trinajstić information content (AvgIpc) is 2.54. The van der Waals surface area contributed by atoms with Crippen LogP contribution in [0.25, 0.3) is 0 Å². The van der Waals surface area contributed by atoms with Gasteiger partial charge in [-0.2, -0.15) is 5.26 Å². The van der Waals surface area contributed by atoms with Crippen LogP contribution in [0.2, 0.25) is 0 Å². The zero-order chi connectivity index (χ0) is 26.7. The van der Waals surface area contributed by atoms with E-state index < -0.39 is 23.3 Å². The molecule has 0 aliphatic heterocycles. The zero-order valence-electron chi connectivity index (χ0n) is 22.3. The van der Waals surface area contributed by atoms with Crippen LogP contribution in [0.4, 0.5) is 9.59 Å². The van der Waals surface area contributed by atoms with E-state index in [0.29, 0.717) is 0 Å². The first-order chi connectivity index (χ1) is 15.8. The molecule has 0 saturated heterocycles. The summed E-state index contributed by atoms with van der Waals surface area (Å²) in [5.41, 5.74) is -1.16. The summed E-state index contributed by atoms with van der Waals surface area (Å²) in [5, 5.41) is 23.8. The Morgan fingerprint density at radius 1 is 0.800 bits per heavy atom. The van der Waals surface area contributed by atoms with Crippen molar-refractivity contribution in [3.8, 4) is 6.07 Å². The summed E-state index contributed by atoms with van der Waals surface area (Å²) < 4.78 is 10.4. The number of hydrogen-bond acceptors (Lipinski definition) is 6. The molecular formula is C26H41N3O6. The fourth-order valence-corrected chi connectivity index (χ4v) is 6.36. The Kier molecular flexibility index (Phi) is 6.41. The Morgan fingerprint density at radius 3 is 1.43 bits per heavy atom. The molecule has 2 amide bonds. The highest BCUT2D eigenvalue weighted by Crippen LogP contribution is 2.71. The molecule has 3 N–H and O–H groups in total. The maximum atomic E-state index is 11.7. The van der Waals surface area contributed by atoms with E-state index in [1.54, 1.807) is 6.92 Å². The van der Waals surface area contributed by atoms with Gasteiger partial charge in [-0.25, -0.2) is 9.59 Å². The van der Waals surface area contributed by atoms with E-state index in [9.17, 15) is 14.4 Å². The lowest BCUT2D eigenvalue weighted by Crippen LogP contribution is -2.77. The third-order valence-corrected chi connectivity index (χ3v) is 8.08. The molecule has 0 aromatic carbocycles. The second kappa shape index (κ2) is 8.28. The van der Waals surface area contributed by atoms with Crippen LogP contribution >= 0.6 is 0 Å². The van der Waals surface area contributed by atoms with E-state index in [-0.39, 0.29) is 39.8 Å². The summed E-state index contributed by atoms with van der Waals surface area (Å²) in [5.74, 6) is -0.995.